The number of hydrogen-bond donors (Lipinski definition) is 2. The molecule has 3 rings (SSSR count). The lowest BCUT2D eigenvalue weighted by atomic mass is 10.1. The quantitative estimate of drug-likeness (QED) is 0.774. The van der Waals surface area contributed by atoms with Crippen molar-refractivity contribution in [1.29, 1.82) is 5.26 Å². The van der Waals surface area contributed by atoms with E-state index in [4.69, 9.17) is 11.0 Å². The molecule has 0 saturated carbocycles. The first kappa shape index (κ1) is 14.5. The predicted molar refractivity (Wildman–Crippen MR) is 87.2 cm³/mol. The molecule has 0 bridgehead atoms. The van der Waals surface area contributed by atoms with Gasteiger partial charge in [0, 0.05) is 17.3 Å². The number of anilines is 2. The van der Waals surface area contributed by atoms with E-state index in [0.717, 1.165) is 16.6 Å². The second-order valence-corrected chi connectivity index (χ2v) is 5.03. The SMILES string of the molecule is Cc1nc(Nc2ccc3ncccc3c2)c(C(N)=O)cc1C#N. The van der Waals surface area contributed by atoms with Crippen LogP contribution in [0.25, 0.3) is 10.9 Å². The number of nitriles is 1. The third kappa shape index (κ3) is 2.80. The zero-order valence-electron chi connectivity index (χ0n) is 12.4. The largest absolute Gasteiger partial charge is 0.365 e. The van der Waals surface area contributed by atoms with Gasteiger partial charge in [0.2, 0.25) is 0 Å². The Kier molecular flexibility index (Phi) is 3.61. The molecule has 112 valence electrons. The van der Waals surface area contributed by atoms with Crippen LogP contribution in [-0.4, -0.2) is 15.9 Å². The molecule has 0 atom stereocenters. The van der Waals surface area contributed by atoms with Gasteiger partial charge in [-0.3, -0.25) is 9.78 Å². The minimum absolute atomic E-state index is 0.179. The number of hydrogen-bond acceptors (Lipinski definition) is 5. The molecule has 6 heteroatoms. The number of carbonyl (C=O) groups excluding carboxylic acids is 1. The summed E-state index contributed by atoms with van der Waals surface area (Å²) in [6.45, 7) is 1.71. The number of aromatic nitrogens is 2. The van der Waals surface area contributed by atoms with Gasteiger partial charge in [0.05, 0.1) is 22.3 Å². The van der Waals surface area contributed by atoms with Crippen LogP contribution in [0.2, 0.25) is 0 Å². The molecule has 1 aromatic carbocycles. The van der Waals surface area contributed by atoms with Gasteiger partial charge >= 0.3 is 0 Å². The number of primary amides is 1. The lowest BCUT2D eigenvalue weighted by molar-refractivity contribution is 0.100. The molecule has 0 spiro atoms. The zero-order chi connectivity index (χ0) is 16.4. The van der Waals surface area contributed by atoms with E-state index < -0.39 is 5.91 Å². The summed E-state index contributed by atoms with van der Waals surface area (Å²) in [7, 11) is 0. The van der Waals surface area contributed by atoms with E-state index in [1.165, 1.54) is 6.07 Å². The smallest absolute Gasteiger partial charge is 0.252 e. The van der Waals surface area contributed by atoms with E-state index in [9.17, 15) is 4.79 Å². The average molecular weight is 303 g/mol. The Labute approximate surface area is 132 Å². The van der Waals surface area contributed by atoms with Crippen LogP contribution in [0.4, 0.5) is 11.5 Å². The third-order valence-electron chi connectivity index (χ3n) is 3.46. The van der Waals surface area contributed by atoms with Crippen molar-refractivity contribution in [2.45, 2.75) is 6.92 Å². The molecule has 6 nitrogen and oxygen atoms in total. The molecular weight excluding hydrogens is 290 g/mol. The minimum Gasteiger partial charge on any atom is -0.365 e. The molecule has 0 saturated heterocycles. The minimum atomic E-state index is -0.640. The Bertz CT molecular complexity index is 959. The molecule has 0 fully saturated rings. The van der Waals surface area contributed by atoms with Crippen LogP contribution in [0.5, 0.6) is 0 Å². The molecule has 0 radical (unpaired) electrons. The zero-order valence-corrected chi connectivity index (χ0v) is 12.4. The maximum Gasteiger partial charge on any atom is 0.252 e. The number of amides is 1. The summed E-state index contributed by atoms with van der Waals surface area (Å²) < 4.78 is 0. The van der Waals surface area contributed by atoms with Gasteiger partial charge in [0.25, 0.3) is 5.91 Å². The van der Waals surface area contributed by atoms with E-state index in [2.05, 4.69) is 15.3 Å². The van der Waals surface area contributed by atoms with Gasteiger partial charge in [-0.25, -0.2) is 4.98 Å². The second kappa shape index (κ2) is 5.73. The molecule has 0 aliphatic heterocycles. The van der Waals surface area contributed by atoms with Crippen LogP contribution in [0.15, 0.2) is 42.6 Å². The number of nitrogens with one attached hydrogen (secondary N) is 1. The number of nitrogens with two attached hydrogens (primary N) is 1. The van der Waals surface area contributed by atoms with Crippen LogP contribution in [-0.2, 0) is 0 Å². The summed E-state index contributed by atoms with van der Waals surface area (Å²) in [5.41, 5.74) is 8.06. The number of nitrogens with zero attached hydrogens (tertiary/aromatic N) is 3. The lowest BCUT2D eigenvalue weighted by Crippen LogP contribution is -2.15. The Morgan fingerprint density at radius 3 is 2.87 bits per heavy atom. The highest BCUT2D eigenvalue weighted by Crippen LogP contribution is 2.24. The molecule has 3 N–H and O–H groups in total. The van der Waals surface area contributed by atoms with Crippen molar-refractivity contribution in [3.63, 3.8) is 0 Å². The van der Waals surface area contributed by atoms with Crippen molar-refractivity contribution in [1.82, 2.24) is 9.97 Å². The molecule has 0 unspecified atom stereocenters. The normalized spacial score (nSPS) is 10.3. The van der Waals surface area contributed by atoms with Gasteiger partial charge in [-0.05, 0) is 37.3 Å². The molecule has 2 aromatic heterocycles. The van der Waals surface area contributed by atoms with E-state index in [0.29, 0.717) is 17.1 Å². The van der Waals surface area contributed by atoms with Gasteiger partial charge in [0.1, 0.15) is 11.9 Å². The second-order valence-electron chi connectivity index (χ2n) is 5.03. The first-order chi connectivity index (χ1) is 11.1. The predicted octanol–water partition coefficient (Wildman–Crippen LogP) is 2.65. The first-order valence-electron chi connectivity index (χ1n) is 6.92. The fourth-order valence-corrected chi connectivity index (χ4v) is 2.29. The summed E-state index contributed by atoms with van der Waals surface area (Å²) >= 11 is 0. The van der Waals surface area contributed by atoms with Crippen molar-refractivity contribution >= 4 is 28.3 Å². The van der Waals surface area contributed by atoms with Gasteiger partial charge in [-0.1, -0.05) is 6.07 Å². The Morgan fingerprint density at radius 1 is 1.30 bits per heavy atom. The van der Waals surface area contributed by atoms with Crippen molar-refractivity contribution in [3.05, 3.63) is 59.4 Å². The average Bonchev–Trinajstić information content (AvgIpc) is 2.54. The number of carbonyl (C=O) groups is 1. The van der Waals surface area contributed by atoms with Crippen molar-refractivity contribution in [2.24, 2.45) is 5.73 Å². The first-order valence-corrected chi connectivity index (χ1v) is 6.92. The van der Waals surface area contributed by atoms with Crippen molar-refractivity contribution in [3.8, 4) is 6.07 Å². The third-order valence-corrected chi connectivity index (χ3v) is 3.46. The van der Waals surface area contributed by atoms with Crippen LogP contribution in [0, 0.1) is 18.3 Å². The number of benzene rings is 1. The summed E-state index contributed by atoms with van der Waals surface area (Å²) in [6.07, 6.45) is 1.73. The Hall–Kier alpha value is -3.46. The summed E-state index contributed by atoms with van der Waals surface area (Å²) in [6, 6.07) is 12.9. The number of rotatable bonds is 3. The van der Waals surface area contributed by atoms with Crippen LogP contribution < -0.4 is 11.1 Å². The number of fused-ring (bicyclic) bond motifs is 1. The van der Waals surface area contributed by atoms with Crippen LogP contribution >= 0.6 is 0 Å². The molecule has 0 aliphatic carbocycles. The fraction of sp³-hybridized carbons (Fsp3) is 0.0588. The molecule has 23 heavy (non-hydrogen) atoms. The topological polar surface area (TPSA) is 105 Å². The maximum absolute atomic E-state index is 11.6. The summed E-state index contributed by atoms with van der Waals surface area (Å²) in [5, 5.41) is 13.1. The molecule has 0 aliphatic rings. The highest BCUT2D eigenvalue weighted by atomic mass is 16.1. The Morgan fingerprint density at radius 2 is 2.13 bits per heavy atom. The van der Waals surface area contributed by atoms with Gasteiger partial charge in [-0.2, -0.15) is 5.26 Å². The van der Waals surface area contributed by atoms with E-state index >= 15 is 0 Å². The highest BCUT2D eigenvalue weighted by Gasteiger charge is 2.14. The number of aryl methyl sites for hydroxylation is 1. The van der Waals surface area contributed by atoms with E-state index in [1.807, 2.05) is 36.4 Å². The monoisotopic (exact) mass is 303 g/mol. The molecule has 1 amide bonds. The van der Waals surface area contributed by atoms with Crippen LogP contribution in [0.1, 0.15) is 21.6 Å². The van der Waals surface area contributed by atoms with Crippen LogP contribution in [0.3, 0.4) is 0 Å². The fourth-order valence-electron chi connectivity index (χ4n) is 2.29. The summed E-state index contributed by atoms with van der Waals surface area (Å²) in [4.78, 5) is 20.2. The van der Waals surface area contributed by atoms with E-state index in [1.54, 1.807) is 13.1 Å². The van der Waals surface area contributed by atoms with Crippen molar-refractivity contribution < 1.29 is 4.79 Å². The summed E-state index contributed by atoms with van der Waals surface area (Å²) in [5.74, 6) is -0.309. The van der Waals surface area contributed by atoms with E-state index in [-0.39, 0.29) is 5.56 Å². The lowest BCUT2D eigenvalue weighted by Gasteiger charge is -2.11. The number of pyridine rings is 2. The standard InChI is InChI=1S/C17H13N5O/c1-10-12(9-18)8-14(16(19)23)17(21-10)22-13-4-5-15-11(7-13)3-2-6-20-15/h2-8H,1H3,(H2,19,23)(H,21,22). The molecule has 2 heterocycles. The van der Waals surface area contributed by atoms with Gasteiger partial charge in [-0.15, -0.1) is 0 Å². The molecule has 3 aromatic rings. The van der Waals surface area contributed by atoms with Gasteiger partial charge in [0.15, 0.2) is 0 Å². The van der Waals surface area contributed by atoms with Gasteiger partial charge < -0.3 is 11.1 Å². The highest BCUT2D eigenvalue weighted by molar-refractivity contribution is 5.99. The maximum atomic E-state index is 11.6. The Balaban J connectivity index is 2.05. The molecular formula is C17H13N5O. The van der Waals surface area contributed by atoms with Crippen molar-refractivity contribution in [2.75, 3.05) is 5.32 Å².